The van der Waals surface area contributed by atoms with E-state index < -0.39 is 12.1 Å². The molecule has 1 aliphatic heterocycles. The van der Waals surface area contributed by atoms with Crippen LogP contribution in [0.2, 0.25) is 10.0 Å². The molecule has 0 radical (unpaired) electrons. The lowest BCUT2D eigenvalue weighted by Gasteiger charge is -2.18. The van der Waals surface area contributed by atoms with Crippen molar-refractivity contribution in [3.8, 4) is 6.07 Å². The molecule has 1 N–H and O–H groups in total. The third kappa shape index (κ3) is 3.43. The monoisotopic (exact) mass is 312 g/mol. The van der Waals surface area contributed by atoms with Crippen molar-refractivity contribution in [2.24, 2.45) is 5.92 Å². The summed E-state index contributed by atoms with van der Waals surface area (Å²) in [4.78, 5) is 12.1. The van der Waals surface area contributed by atoms with Crippen LogP contribution in [0.15, 0.2) is 18.2 Å². The van der Waals surface area contributed by atoms with Gasteiger partial charge in [0, 0.05) is 16.7 Å². The molecule has 1 saturated heterocycles. The summed E-state index contributed by atoms with van der Waals surface area (Å²) in [5, 5.41) is 12.7. The topological polar surface area (TPSA) is 62.1 Å². The second-order valence-electron chi connectivity index (χ2n) is 4.83. The molecule has 0 bridgehead atoms. The molecular formula is C14H14Cl2N2O2. The van der Waals surface area contributed by atoms with Crippen LogP contribution >= 0.6 is 23.2 Å². The SMILES string of the molecule is CC1CCOC1C(=O)NC(C#N)c1cc(Cl)cc(Cl)c1. The molecule has 4 nitrogen and oxygen atoms in total. The van der Waals surface area contributed by atoms with E-state index in [1.54, 1.807) is 18.2 Å². The van der Waals surface area contributed by atoms with E-state index in [1.165, 1.54) is 0 Å². The number of rotatable bonds is 3. The predicted octanol–water partition coefficient (Wildman–Crippen LogP) is 3.10. The molecular weight excluding hydrogens is 299 g/mol. The fourth-order valence-electron chi connectivity index (χ4n) is 2.19. The van der Waals surface area contributed by atoms with Crippen LogP contribution in [0.3, 0.4) is 0 Å². The van der Waals surface area contributed by atoms with Gasteiger partial charge in [0.05, 0.1) is 6.07 Å². The normalized spacial score (nSPS) is 23.1. The quantitative estimate of drug-likeness (QED) is 0.932. The fourth-order valence-corrected chi connectivity index (χ4v) is 2.73. The summed E-state index contributed by atoms with van der Waals surface area (Å²) in [6, 6.07) is 6.04. The Balaban J connectivity index is 2.13. The van der Waals surface area contributed by atoms with Crippen molar-refractivity contribution in [2.45, 2.75) is 25.5 Å². The lowest BCUT2D eigenvalue weighted by Crippen LogP contribution is -2.39. The first-order valence-electron chi connectivity index (χ1n) is 6.29. The molecule has 1 heterocycles. The van der Waals surface area contributed by atoms with Crippen molar-refractivity contribution in [3.05, 3.63) is 33.8 Å². The van der Waals surface area contributed by atoms with Gasteiger partial charge in [0.15, 0.2) is 0 Å². The second-order valence-corrected chi connectivity index (χ2v) is 5.70. The summed E-state index contributed by atoms with van der Waals surface area (Å²) in [6.07, 6.45) is 0.346. The van der Waals surface area contributed by atoms with Crippen molar-refractivity contribution in [2.75, 3.05) is 6.61 Å². The van der Waals surface area contributed by atoms with Crippen LogP contribution in [0.1, 0.15) is 24.9 Å². The molecule has 6 heteroatoms. The highest BCUT2D eigenvalue weighted by atomic mass is 35.5. The lowest BCUT2D eigenvalue weighted by atomic mass is 10.0. The van der Waals surface area contributed by atoms with E-state index in [9.17, 15) is 10.1 Å². The Labute approximate surface area is 127 Å². The Morgan fingerprint density at radius 3 is 2.60 bits per heavy atom. The number of hydrogen-bond acceptors (Lipinski definition) is 3. The maximum absolute atomic E-state index is 12.1. The minimum atomic E-state index is -0.796. The molecule has 20 heavy (non-hydrogen) atoms. The van der Waals surface area contributed by atoms with E-state index in [2.05, 4.69) is 5.32 Å². The molecule has 1 aliphatic rings. The Bertz CT molecular complexity index is 536. The third-order valence-electron chi connectivity index (χ3n) is 3.28. The minimum absolute atomic E-state index is 0.150. The number of ether oxygens (including phenoxy) is 1. The van der Waals surface area contributed by atoms with Gasteiger partial charge in [-0.25, -0.2) is 0 Å². The van der Waals surface area contributed by atoms with Crippen LogP contribution in [-0.4, -0.2) is 18.6 Å². The van der Waals surface area contributed by atoms with Crippen LogP contribution in [-0.2, 0) is 9.53 Å². The molecule has 2 rings (SSSR count). The standard InChI is InChI=1S/C14H14Cl2N2O2/c1-8-2-3-20-13(8)14(19)18-12(7-17)9-4-10(15)6-11(16)5-9/h4-6,8,12-13H,2-3H2,1H3,(H,18,19). The number of amides is 1. The number of nitriles is 1. The number of nitrogens with one attached hydrogen (secondary N) is 1. The molecule has 106 valence electrons. The average Bonchev–Trinajstić information content (AvgIpc) is 2.80. The second kappa shape index (κ2) is 6.45. The summed E-state index contributed by atoms with van der Waals surface area (Å²) in [7, 11) is 0. The van der Waals surface area contributed by atoms with Crippen LogP contribution in [0, 0.1) is 17.2 Å². The van der Waals surface area contributed by atoms with E-state index in [0.29, 0.717) is 22.2 Å². The van der Waals surface area contributed by atoms with E-state index in [-0.39, 0.29) is 11.8 Å². The molecule has 1 fully saturated rings. The molecule has 3 unspecified atom stereocenters. The van der Waals surface area contributed by atoms with Gasteiger partial charge in [0.1, 0.15) is 12.1 Å². The molecule has 1 aromatic carbocycles. The third-order valence-corrected chi connectivity index (χ3v) is 3.72. The zero-order valence-corrected chi connectivity index (χ0v) is 12.4. The zero-order valence-electron chi connectivity index (χ0n) is 10.9. The van der Waals surface area contributed by atoms with Crippen molar-refractivity contribution in [1.82, 2.24) is 5.32 Å². The Morgan fingerprint density at radius 2 is 2.10 bits per heavy atom. The highest BCUT2D eigenvalue weighted by Crippen LogP contribution is 2.25. The number of halogens is 2. The van der Waals surface area contributed by atoms with Gasteiger partial charge in [-0.2, -0.15) is 5.26 Å². The Hall–Kier alpha value is -1.28. The highest BCUT2D eigenvalue weighted by Gasteiger charge is 2.32. The van der Waals surface area contributed by atoms with Gasteiger partial charge in [-0.05, 0) is 36.1 Å². The van der Waals surface area contributed by atoms with Crippen LogP contribution in [0.5, 0.6) is 0 Å². The van der Waals surface area contributed by atoms with Crippen LogP contribution in [0.4, 0.5) is 0 Å². The smallest absolute Gasteiger partial charge is 0.250 e. The van der Waals surface area contributed by atoms with Gasteiger partial charge in [-0.15, -0.1) is 0 Å². The van der Waals surface area contributed by atoms with E-state index in [4.69, 9.17) is 27.9 Å². The van der Waals surface area contributed by atoms with E-state index >= 15 is 0 Å². The summed E-state index contributed by atoms with van der Waals surface area (Å²) >= 11 is 11.8. The number of nitrogens with zero attached hydrogens (tertiary/aromatic N) is 1. The molecule has 1 amide bonds. The summed E-state index contributed by atoms with van der Waals surface area (Å²) < 4.78 is 5.38. The van der Waals surface area contributed by atoms with Crippen LogP contribution < -0.4 is 5.32 Å². The maximum atomic E-state index is 12.1. The van der Waals surface area contributed by atoms with Gasteiger partial charge in [0.2, 0.25) is 0 Å². The molecule has 3 atom stereocenters. The van der Waals surface area contributed by atoms with Gasteiger partial charge in [0.25, 0.3) is 5.91 Å². The van der Waals surface area contributed by atoms with Crippen LogP contribution in [0.25, 0.3) is 0 Å². The summed E-state index contributed by atoms with van der Waals surface area (Å²) in [5.74, 6) is -0.130. The van der Waals surface area contributed by atoms with Gasteiger partial charge >= 0.3 is 0 Å². The minimum Gasteiger partial charge on any atom is -0.368 e. The van der Waals surface area contributed by atoms with Gasteiger partial charge in [-0.1, -0.05) is 30.1 Å². The van der Waals surface area contributed by atoms with Crippen molar-refractivity contribution in [3.63, 3.8) is 0 Å². The summed E-state index contributed by atoms with van der Waals surface area (Å²) in [6.45, 7) is 2.52. The Morgan fingerprint density at radius 1 is 1.45 bits per heavy atom. The largest absolute Gasteiger partial charge is 0.368 e. The zero-order chi connectivity index (χ0) is 14.7. The van der Waals surface area contributed by atoms with Gasteiger partial charge in [-0.3, -0.25) is 4.79 Å². The number of carbonyl (C=O) groups excluding carboxylic acids is 1. The van der Waals surface area contributed by atoms with Crippen molar-refractivity contribution >= 4 is 29.1 Å². The first-order chi connectivity index (χ1) is 9.51. The maximum Gasteiger partial charge on any atom is 0.250 e. The van der Waals surface area contributed by atoms with E-state index in [1.807, 2.05) is 13.0 Å². The van der Waals surface area contributed by atoms with E-state index in [0.717, 1.165) is 6.42 Å². The highest BCUT2D eigenvalue weighted by molar-refractivity contribution is 6.34. The number of carbonyl (C=O) groups is 1. The molecule has 0 saturated carbocycles. The lowest BCUT2D eigenvalue weighted by molar-refractivity contribution is -0.131. The molecule has 1 aromatic rings. The first-order valence-corrected chi connectivity index (χ1v) is 7.04. The van der Waals surface area contributed by atoms with Crippen molar-refractivity contribution < 1.29 is 9.53 Å². The number of benzene rings is 1. The first kappa shape index (κ1) is 15.1. The fraction of sp³-hybridized carbons (Fsp3) is 0.429. The molecule has 0 aromatic heterocycles. The predicted molar refractivity (Wildman–Crippen MR) is 76.5 cm³/mol. The molecule has 0 aliphatic carbocycles. The Kier molecular flexibility index (Phi) is 4.87. The number of hydrogen-bond donors (Lipinski definition) is 1. The molecule has 0 spiro atoms. The van der Waals surface area contributed by atoms with Gasteiger partial charge < -0.3 is 10.1 Å². The van der Waals surface area contributed by atoms with Crippen molar-refractivity contribution in [1.29, 1.82) is 5.26 Å². The summed E-state index contributed by atoms with van der Waals surface area (Å²) in [5.41, 5.74) is 0.559. The average molecular weight is 313 g/mol.